The summed E-state index contributed by atoms with van der Waals surface area (Å²) >= 11 is 0. The summed E-state index contributed by atoms with van der Waals surface area (Å²) in [6.07, 6.45) is 1.48. The van der Waals surface area contributed by atoms with Crippen molar-refractivity contribution in [2.75, 3.05) is 12.4 Å². The van der Waals surface area contributed by atoms with Gasteiger partial charge in [-0.15, -0.1) is 0 Å². The second-order valence-corrected chi connectivity index (χ2v) is 7.51. The van der Waals surface area contributed by atoms with E-state index >= 15 is 0 Å². The Morgan fingerprint density at radius 3 is 2.35 bits per heavy atom. The van der Waals surface area contributed by atoms with Crippen molar-refractivity contribution in [3.05, 3.63) is 98.6 Å². The van der Waals surface area contributed by atoms with Crippen molar-refractivity contribution in [2.45, 2.75) is 20.5 Å². The van der Waals surface area contributed by atoms with Gasteiger partial charge in [0.2, 0.25) is 0 Å². The lowest BCUT2D eigenvalue weighted by Gasteiger charge is -2.12. The van der Waals surface area contributed by atoms with Crippen LogP contribution < -0.4 is 14.8 Å². The minimum Gasteiger partial charge on any atom is -0.493 e. The van der Waals surface area contributed by atoms with E-state index in [1.807, 2.05) is 38.1 Å². The zero-order valence-electron chi connectivity index (χ0n) is 19.0. The molecular formula is C26H23N3O5. The molecule has 3 aromatic rings. The van der Waals surface area contributed by atoms with Crippen LogP contribution in [0, 0.1) is 35.3 Å². The van der Waals surface area contributed by atoms with Gasteiger partial charge in [0.15, 0.2) is 11.5 Å². The van der Waals surface area contributed by atoms with Crippen molar-refractivity contribution in [3.8, 4) is 17.6 Å². The lowest BCUT2D eigenvalue weighted by Crippen LogP contribution is -2.15. The van der Waals surface area contributed by atoms with Crippen LogP contribution in [0.15, 0.2) is 66.2 Å². The summed E-state index contributed by atoms with van der Waals surface area (Å²) in [6.45, 7) is 3.96. The molecule has 1 N–H and O–H groups in total. The summed E-state index contributed by atoms with van der Waals surface area (Å²) in [4.78, 5) is 23.0. The van der Waals surface area contributed by atoms with Gasteiger partial charge in [0.1, 0.15) is 18.2 Å². The van der Waals surface area contributed by atoms with Crippen molar-refractivity contribution in [1.82, 2.24) is 0 Å². The first-order valence-corrected chi connectivity index (χ1v) is 10.4. The zero-order chi connectivity index (χ0) is 24.7. The Balaban J connectivity index is 1.75. The predicted octanol–water partition coefficient (Wildman–Crippen LogP) is 5.34. The summed E-state index contributed by atoms with van der Waals surface area (Å²) in [5.41, 5.74) is 3.79. The summed E-state index contributed by atoms with van der Waals surface area (Å²) in [7, 11) is 1.49. The highest BCUT2D eigenvalue weighted by Gasteiger charge is 2.14. The minimum atomic E-state index is -0.502. The number of nitro benzene ring substituents is 1. The summed E-state index contributed by atoms with van der Waals surface area (Å²) in [5, 5.41) is 23.1. The van der Waals surface area contributed by atoms with Gasteiger partial charge in [-0.05, 0) is 66.4 Å². The highest BCUT2D eigenvalue weighted by Crippen LogP contribution is 2.30. The van der Waals surface area contributed by atoms with E-state index in [9.17, 15) is 20.2 Å². The Labute approximate surface area is 197 Å². The van der Waals surface area contributed by atoms with Gasteiger partial charge in [0.05, 0.1) is 12.0 Å². The third-order valence-electron chi connectivity index (χ3n) is 5.12. The zero-order valence-corrected chi connectivity index (χ0v) is 19.0. The third-order valence-corrected chi connectivity index (χ3v) is 5.12. The number of nitrogens with one attached hydrogen (secondary N) is 1. The fourth-order valence-electron chi connectivity index (χ4n) is 3.28. The number of nitrogens with zero attached hydrogens (tertiary/aromatic N) is 2. The molecule has 0 saturated carbocycles. The van der Waals surface area contributed by atoms with Gasteiger partial charge in [-0.3, -0.25) is 14.9 Å². The number of ether oxygens (including phenoxy) is 2. The summed E-state index contributed by atoms with van der Waals surface area (Å²) in [6, 6.07) is 18.7. The van der Waals surface area contributed by atoms with Gasteiger partial charge >= 0.3 is 0 Å². The number of nitriles is 1. The molecule has 0 saturated heterocycles. The molecule has 34 heavy (non-hydrogen) atoms. The Morgan fingerprint density at radius 2 is 1.76 bits per heavy atom. The van der Waals surface area contributed by atoms with Gasteiger partial charge in [-0.25, -0.2) is 0 Å². The topological polar surface area (TPSA) is 114 Å². The smallest absolute Gasteiger partial charge is 0.269 e. The Kier molecular flexibility index (Phi) is 7.62. The van der Waals surface area contributed by atoms with E-state index in [1.54, 1.807) is 30.3 Å². The number of amides is 1. The Hall–Kier alpha value is -4.64. The van der Waals surface area contributed by atoms with Crippen LogP contribution >= 0.6 is 0 Å². The van der Waals surface area contributed by atoms with Gasteiger partial charge < -0.3 is 14.8 Å². The quantitative estimate of drug-likeness (QED) is 0.211. The monoisotopic (exact) mass is 457 g/mol. The summed E-state index contributed by atoms with van der Waals surface area (Å²) in [5.74, 6) is 0.372. The molecule has 0 aliphatic heterocycles. The van der Waals surface area contributed by atoms with E-state index in [0.29, 0.717) is 22.7 Å². The molecular weight excluding hydrogens is 434 g/mol. The van der Waals surface area contributed by atoms with E-state index in [2.05, 4.69) is 5.32 Å². The number of nitro groups is 1. The molecule has 3 rings (SSSR count). The van der Waals surface area contributed by atoms with Crippen LogP contribution in [0.5, 0.6) is 11.5 Å². The predicted molar refractivity (Wildman–Crippen MR) is 129 cm³/mol. The van der Waals surface area contributed by atoms with Gasteiger partial charge in [0.25, 0.3) is 11.6 Å². The van der Waals surface area contributed by atoms with Crippen LogP contribution in [0.1, 0.15) is 22.3 Å². The molecule has 0 aliphatic rings. The van der Waals surface area contributed by atoms with Crippen LogP contribution in [0.3, 0.4) is 0 Å². The molecule has 8 heteroatoms. The van der Waals surface area contributed by atoms with E-state index in [4.69, 9.17) is 9.47 Å². The van der Waals surface area contributed by atoms with Crippen LogP contribution in [-0.2, 0) is 11.4 Å². The molecule has 0 aromatic heterocycles. The number of aryl methyl sites for hydroxylation is 2. The molecule has 1 amide bonds. The Morgan fingerprint density at radius 1 is 1.09 bits per heavy atom. The normalized spacial score (nSPS) is 10.8. The minimum absolute atomic E-state index is 0.00684. The van der Waals surface area contributed by atoms with Crippen molar-refractivity contribution in [1.29, 1.82) is 5.26 Å². The van der Waals surface area contributed by atoms with Crippen LogP contribution in [-0.4, -0.2) is 17.9 Å². The van der Waals surface area contributed by atoms with Crippen LogP contribution in [0.2, 0.25) is 0 Å². The van der Waals surface area contributed by atoms with E-state index in [1.165, 1.54) is 25.3 Å². The van der Waals surface area contributed by atoms with Crippen molar-refractivity contribution in [3.63, 3.8) is 0 Å². The number of hydrogen-bond acceptors (Lipinski definition) is 6. The van der Waals surface area contributed by atoms with Crippen LogP contribution in [0.4, 0.5) is 11.4 Å². The first-order valence-electron chi connectivity index (χ1n) is 10.4. The average Bonchev–Trinajstić information content (AvgIpc) is 2.83. The van der Waals surface area contributed by atoms with Gasteiger partial charge in [-0.2, -0.15) is 5.26 Å². The molecule has 0 bridgehead atoms. The largest absolute Gasteiger partial charge is 0.493 e. The SMILES string of the molecule is COc1cc(/C=C(/C#N)C(=O)Nc2c(C)cccc2C)ccc1OCc1ccc([N+](=O)[O-])cc1. The first-order chi connectivity index (χ1) is 16.3. The van der Waals surface area contributed by atoms with Gasteiger partial charge in [0, 0.05) is 17.8 Å². The third kappa shape index (κ3) is 5.78. The molecule has 0 fully saturated rings. The van der Waals surface area contributed by atoms with E-state index in [0.717, 1.165) is 16.7 Å². The molecule has 0 atom stereocenters. The number of benzene rings is 3. The standard InChI is InChI=1S/C26H23N3O5/c1-17-5-4-6-18(2)25(17)28-26(30)21(15-27)13-20-9-12-23(24(14-20)33-3)34-16-19-7-10-22(11-8-19)29(31)32/h4-14H,16H2,1-3H3,(H,28,30)/b21-13-. The fourth-order valence-corrected chi connectivity index (χ4v) is 3.28. The van der Waals surface area contributed by atoms with Crippen molar-refractivity contribution in [2.24, 2.45) is 0 Å². The highest BCUT2D eigenvalue weighted by atomic mass is 16.6. The number of para-hydroxylation sites is 1. The Bertz CT molecular complexity index is 1270. The van der Waals surface area contributed by atoms with Crippen molar-refractivity contribution >= 4 is 23.4 Å². The molecule has 8 nitrogen and oxygen atoms in total. The average molecular weight is 457 g/mol. The van der Waals surface area contributed by atoms with Gasteiger partial charge in [-0.1, -0.05) is 24.3 Å². The van der Waals surface area contributed by atoms with E-state index < -0.39 is 10.8 Å². The van der Waals surface area contributed by atoms with Crippen LogP contribution in [0.25, 0.3) is 6.08 Å². The second-order valence-electron chi connectivity index (χ2n) is 7.51. The molecule has 0 spiro atoms. The number of carbonyl (C=O) groups excluding carboxylic acids is 1. The molecule has 172 valence electrons. The highest BCUT2D eigenvalue weighted by molar-refractivity contribution is 6.10. The summed E-state index contributed by atoms with van der Waals surface area (Å²) < 4.78 is 11.2. The lowest BCUT2D eigenvalue weighted by atomic mass is 10.1. The maximum atomic E-state index is 12.7. The number of methoxy groups -OCH3 is 1. The van der Waals surface area contributed by atoms with Crippen molar-refractivity contribution < 1.29 is 19.2 Å². The number of anilines is 1. The number of non-ortho nitro benzene ring substituents is 1. The molecule has 0 unspecified atom stereocenters. The van der Waals surface area contributed by atoms with E-state index in [-0.39, 0.29) is 17.9 Å². The first kappa shape index (κ1) is 24.0. The lowest BCUT2D eigenvalue weighted by molar-refractivity contribution is -0.384. The number of carbonyl (C=O) groups is 1. The molecule has 0 heterocycles. The molecule has 3 aromatic carbocycles. The molecule has 0 aliphatic carbocycles. The molecule has 0 radical (unpaired) electrons. The number of hydrogen-bond donors (Lipinski definition) is 1. The second kappa shape index (κ2) is 10.8. The maximum absolute atomic E-state index is 12.7. The fraction of sp³-hybridized carbons (Fsp3) is 0.154. The maximum Gasteiger partial charge on any atom is 0.269 e. The number of rotatable bonds is 8.